The van der Waals surface area contributed by atoms with Crippen LogP contribution in [0.25, 0.3) is 10.2 Å². The van der Waals surface area contributed by atoms with Gasteiger partial charge in [-0.1, -0.05) is 41.1 Å². The van der Waals surface area contributed by atoms with Gasteiger partial charge in [0.25, 0.3) is 0 Å². The third kappa shape index (κ3) is 2.89. The molecule has 0 spiro atoms. The van der Waals surface area contributed by atoms with Crippen LogP contribution in [0.15, 0.2) is 48.5 Å². The number of carbonyl (C=O) groups excluding carboxylic acids is 1. The molecule has 0 bridgehead atoms. The molecule has 0 unspecified atom stereocenters. The molecule has 100 valence electrons. The maximum Gasteiger partial charge on any atom is 0.325 e. The van der Waals surface area contributed by atoms with Crippen molar-refractivity contribution < 1.29 is 4.79 Å². The Hall–Kier alpha value is -2.11. The first-order chi connectivity index (χ1) is 9.70. The number of benzene rings is 2. The summed E-state index contributed by atoms with van der Waals surface area (Å²) in [4.78, 5) is 16.2. The minimum atomic E-state index is -0.318. The van der Waals surface area contributed by atoms with Gasteiger partial charge in [0.05, 0.1) is 10.2 Å². The third-order valence-corrected chi connectivity index (χ3v) is 3.77. The Labute approximate surface area is 124 Å². The molecule has 0 aliphatic rings. The van der Waals surface area contributed by atoms with Crippen LogP contribution < -0.4 is 10.6 Å². The number of urea groups is 1. The molecule has 0 atom stereocenters. The number of anilines is 2. The Bertz CT molecular complexity index is 757. The first kappa shape index (κ1) is 12.9. The molecule has 1 heterocycles. The fraction of sp³-hybridized carbons (Fsp3) is 0. The van der Waals surface area contributed by atoms with Gasteiger partial charge >= 0.3 is 6.03 Å². The van der Waals surface area contributed by atoms with Crippen molar-refractivity contribution in [1.82, 2.24) is 4.98 Å². The van der Waals surface area contributed by atoms with Crippen molar-refractivity contribution in [3.05, 3.63) is 53.6 Å². The van der Waals surface area contributed by atoms with E-state index >= 15 is 0 Å². The van der Waals surface area contributed by atoms with Crippen LogP contribution in [0.4, 0.5) is 15.6 Å². The lowest BCUT2D eigenvalue weighted by Crippen LogP contribution is -2.19. The lowest BCUT2D eigenvalue weighted by Gasteiger charge is -2.04. The summed E-state index contributed by atoms with van der Waals surface area (Å²) in [7, 11) is 0. The summed E-state index contributed by atoms with van der Waals surface area (Å²) < 4.78 is 0.938. The van der Waals surface area contributed by atoms with Crippen molar-refractivity contribution in [2.75, 3.05) is 10.6 Å². The van der Waals surface area contributed by atoms with Crippen LogP contribution in [0.5, 0.6) is 0 Å². The number of carbonyl (C=O) groups is 1. The molecule has 1 aromatic heterocycles. The third-order valence-electron chi connectivity index (χ3n) is 2.60. The normalized spacial score (nSPS) is 10.4. The van der Waals surface area contributed by atoms with Crippen LogP contribution in [0.2, 0.25) is 5.02 Å². The van der Waals surface area contributed by atoms with Gasteiger partial charge in [-0.2, -0.15) is 0 Å². The largest absolute Gasteiger partial charge is 0.325 e. The molecule has 6 heteroatoms. The predicted octanol–water partition coefficient (Wildman–Crippen LogP) is 4.59. The molecule has 0 aliphatic carbocycles. The van der Waals surface area contributed by atoms with E-state index in [1.165, 1.54) is 11.3 Å². The van der Waals surface area contributed by atoms with Gasteiger partial charge in [-0.25, -0.2) is 9.78 Å². The van der Waals surface area contributed by atoms with Gasteiger partial charge in [0.15, 0.2) is 5.13 Å². The second-order valence-electron chi connectivity index (χ2n) is 4.08. The highest BCUT2D eigenvalue weighted by Crippen LogP contribution is 2.28. The van der Waals surface area contributed by atoms with E-state index in [4.69, 9.17) is 11.6 Å². The molecule has 2 N–H and O–H groups in total. The monoisotopic (exact) mass is 303 g/mol. The SMILES string of the molecule is O=C(Nc1ccccc1)Nc1nc2ccc(Cl)cc2s1. The van der Waals surface area contributed by atoms with E-state index in [1.807, 2.05) is 42.5 Å². The standard InChI is InChI=1S/C14H10ClN3OS/c15-9-6-7-11-12(8-9)20-14(17-11)18-13(19)16-10-4-2-1-3-5-10/h1-8H,(H2,16,17,18,19). The summed E-state index contributed by atoms with van der Waals surface area (Å²) in [5, 5.41) is 6.64. The van der Waals surface area contributed by atoms with Crippen molar-refractivity contribution in [2.45, 2.75) is 0 Å². The van der Waals surface area contributed by atoms with Gasteiger partial charge in [-0.15, -0.1) is 0 Å². The molecule has 0 aliphatic heterocycles. The highest BCUT2D eigenvalue weighted by atomic mass is 35.5. The van der Waals surface area contributed by atoms with E-state index in [9.17, 15) is 4.79 Å². The van der Waals surface area contributed by atoms with E-state index < -0.39 is 0 Å². The molecule has 0 fully saturated rings. The maximum absolute atomic E-state index is 11.8. The van der Waals surface area contributed by atoms with Crippen molar-refractivity contribution in [2.24, 2.45) is 0 Å². The Morgan fingerprint density at radius 3 is 2.70 bits per heavy atom. The maximum atomic E-state index is 11.8. The molecule has 20 heavy (non-hydrogen) atoms. The van der Waals surface area contributed by atoms with Gasteiger partial charge in [-0.3, -0.25) is 5.32 Å². The number of aromatic nitrogens is 1. The number of halogens is 1. The van der Waals surface area contributed by atoms with E-state index in [0.717, 1.165) is 15.9 Å². The highest BCUT2D eigenvalue weighted by molar-refractivity contribution is 7.22. The lowest BCUT2D eigenvalue weighted by molar-refractivity contribution is 0.262. The molecule has 0 saturated heterocycles. The number of para-hydroxylation sites is 1. The number of fused-ring (bicyclic) bond motifs is 1. The molecular formula is C14H10ClN3OS. The topological polar surface area (TPSA) is 54.0 Å². The van der Waals surface area contributed by atoms with Crippen molar-refractivity contribution in [3.8, 4) is 0 Å². The highest BCUT2D eigenvalue weighted by Gasteiger charge is 2.08. The predicted molar refractivity (Wildman–Crippen MR) is 83.7 cm³/mol. The summed E-state index contributed by atoms with van der Waals surface area (Å²) in [6.45, 7) is 0. The first-order valence-corrected chi connectivity index (χ1v) is 7.09. The summed E-state index contributed by atoms with van der Waals surface area (Å²) in [6, 6.07) is 14.3. The minimum Gasteiger partial charge on any atom is -0.308 e. The number of thiazole rings is 1. The smallest absolute Gasteiger partial charge is 0.308 e. The second-order valence-corrected chi connectivity index (χ2v) is 5.54. The fourth-order valence-electron chi connectivity index (χ4n) is 1.73. The van der Waals surface area contributed by atoms with Crippen LogP contribution in [-0.4, -0.2) is 11.0 Å². The van der Waals surface area contributed by atoms with Crippen LogP contribution in [0.1, 0.15) is 0 Å². The van der Waals surface area contributed by atoms with Gasteiger partial charge in [-0.05, 0) is 30.3 Å². The molecule has 0 radical (unpaired) electrons. The summed E-state index contributed by atoms with van der Waals surface area (Å²) >= 11 is 7.30. The molecule has 3 aromatic rings. The van der Waals surface area contributed by atoms with Crippen molar-refractivity contribution in [1.29, 1.82) is 0 Å². The van der Waals surface area contributed by atoms with E-state index in [2.05, 4.69) is 15.6 Å². The molecule has 2 amide bonds. The number of rotatable bonds is 2. The number of hydrogen-bond acceptors (Lipinski definition) is 3. The van der Waals surface area contributed by atoms with Crippen LogP contribution in [0.3, 0.4) is 0 Å². The number of amides is 2. The zero-order valence-corrected chi connectivity index (χ0v) is 11.8. The fourth-order valence-corrected chi connectivity index (χ4v) is 2.87. The van der Waals surface area contributed by atoms with Gasteiger partial charge in [0.2, 0.25) is 0 Å². The van der Waals surface area contributed by atoms with Gasteiger partial charge < -0.3 is 5.32 Å². The Morgan fingerprint density at radius 1 is 1.10 bits per heavy atom. The molecule has 0 saturated carbocycles. The molecule has 2 aromatic carbocycles. The molecule has 3 rings (SSSR count). The van der Waals surface area contributed by atoms with E-state index in [0.29, 0.717) is 10.2 Å². The number of nitrogens with zero attached hydrogens (tertiary/aromatic N) is 1. The summed E-state index contributed by atoms with van der Waals surface area (Å²) in [5.41, 5.74) is 1.54. The molecular weight excluding hydrogens is 294 g/mol. The summed E-state index contributed by atoms with van der Waals surface area (Å²) in [6.07, 6.45) is 0. The summed E-state index contributed by atoms with van der Waals surface area (Å²) in [5.74, 6) is 0. The zero-order valence-electron chi connectivity index (χ0n) is 10.3. The van der Waals surface area contributed by atoms with Crippen LogP contribution in [0, 0.1) is 0 Å². The quantitative estimate of drug-likeness (QED) is 0.727. The van der Waals surface area contributed by atoms with Gasteiger partial charge in [0, 0.05) is 10.7 Å². The average Bonchev–Trinajstić information content (AvgIpc) is 2.80. The van der Waals surface area contributed by atoms with E-state index in [1.54, 1.807) is 6.07 Å². The Kier molecular flexibility index (Phi) is 3.54. The van der Waals surface area contributed by atoms with Crippen LogP contribution >= 0.6 is 22.9 Å². The second kappa shape index (κ2) is 5.48. The van der Waals surface area contributed by atoms with Crippen molar-refractivity contribution in [3.63, 3.8) is 0 Å². The number of hydrogen-bond donors (Lipinski definition) is 2. The lowest BCUT2D eigenvalue weighted by atomic mass is 10.3. The zero-order chi connectivity index (χ0) is 13.9. The Balaban J connectivity index is 1.74. The van der Waals surface area contributed by atoms with Gasteiger partial charge in [0.1, 0.15) is 0 Å². The molecule has 4 nitrogen and oxygen atoms in total. The number of nitrogens with one attached hydrogen (secondary N) is 2. The average molecular weight is 304 g/mol. The van der Waals surface area contributed by atoms with Crippen molar-refractivity contribution >= 4 is 50.0 Å². The van der Waals surface area contributed by atoms with Crippen LogP contribution in [-0.2, 0) is 0 Å². The first-order valence-electron chi connectivity index (χ1n) is 5.90. The minimum absolute atomic E-state index is 0.318. The Morgan fingerprint density at radius 2 is 1.90 bits per heavy atom. The van der Waals surface area contributed by atoms with E-state index in [-0.39, 0.29) is 6.03 Å².